The van der Waals surface area contributed by atoms with Gasteiger partial charge in [0.25, 0.3) is 0 Å². The van der Waals surface area contributed by atoms with Crippen molar-refractivity contribution >= 4 is 0 Å². The molecule has 1 fully saturated rings. The molecule has 1 unspecified atom stereocenters. The van der Waals surface area contributed by atoms with E-state index in [-0.39, 0.29) is 11.5 Å². The quantitative estimate of drug-likeness (QED) is 0.847. The zero-order chi connectivity index (χ0) is 16.8. The van der Waals surface area contributed by atoms with Crippen LogP contribution in [0.1, 0.15) is 30.6 Å². The fraction of sp³-hybridized carbons (Fsp3) is 0.429. The summed E-state index contributed by atoms with van der Waals surface area (Å²) in [7, 11) is 0. The second-order valence-corrected chi connectivity index (χ2v) is 7.11. The van der Waals surface area contributed by atoms with Gasteiger partial charge in [0.05, 0.1) is 6.61 Å². The van der Waals surface area contributed by atoms with Crippen LogP contribution in [0.4, 0.5) is 0 Å². The third-order valence-corrected chi connectivity index (χ3v) is 5.03. The molecule has 0 spiro atoms. The van der Waals surface area contributed by atoms with Crippen LogP contribution >= 0.6 is 0 Å². The van der Waals surface area contributed by atoms with Crippen molar-refractivity contribution < 1.29 is 4.74 Å². The molecule has 1 heterocycles. The minimum Gasteiger partial charge on any atom is -0.367 e. The van der Waals surface area contributed by atoms with Gasteiger partial charge >= 0.3 is 0 Å². The fourth-order valence-electron chi connectivity index (χ4n) is 3.42. The van der Waals surface area contributed by atoms with Crippen molar-refractivity contribution in [1.29, 1.82) is 0 Å². The highest BCUT2D eigenvalue weighted by atomic mass is 16.5. The summed E-state index contributed by atoms with van der Waals surface area (Å²) in [6.07, 6.45) is 1.18. The Hall–Kier alpha value is -1.68. The first-order valence-electron chi connectivity index (χ1n) is 8.84. The molecule has 24 heavy (non-hydrogen) atoms. The van der Waals surface area contributed by atoms with Gasteiger partial charge in [-0.25, -0.2) is 0 Å². The number of benzene rings is 2. The van der Waals surface area contributed by atoms with Crippen molar-refractivity contribution in [1.82, 2.24) is 4.90 Å². The lowest BCUT2D eigenvalue weighted by Gasteiger charge is -2.24. The van der Waals surface area contributed by atoms with Crippen LogP contribution < -0.4 is 5.73 Å². The first kappa shape index (κ1) is 17.2. The van der Waals surface area contributed by atoms with E-state index in [4.69, 9.17) is 10.5 Å². The Bertz CT molecular complexity index is 577. The van der Waals surface area contributed by atoms with Crippen molar-refractivity contribution in [3.8, 4) is 0 Å². The maximum atomic E-state index is 6.31. The van der Waals surface area contributed by atoms with Crippen LogP contribution in [0.15, 0.2) is 60.7 Å². The van der Waals surface area contributed by atoms with E-state index in [1.54, 1.807) is 0 Å². The molecular weight excluding hydrogens is 296 g/mol. The fourth-order valence-corrected chi connectivity index (χ4v) is 3.42. The summed E-state index contributed by atoms with van der Waals surface area (Å²) in [4.78, 5) is 2.47. The molecule has 2 aromatic carbocycles. The smallest absolute Gasteiger partial charge is 0.108 e. The molecule has 1 saturated heterocycles. The molecule has 0 amide bonds. The number of hydrogen-bond acceptors (Lipinski definition) is 3. The van der Waals surface area contributed by atoms with E-state index in [1.165, 1.54) is 17.5 Å². The lowest BCUT2D eigenvalue weighted by atomic mass is 9.90. The van der Waals surface area contributed by atoms with Crippen LogP contribution in [0.2, 0.25) is 0 Å². The minimum atomic E-state index is -0.00380. The van der Waals surface area contributed by atoms with Crippen LogP contribution in [0.25, 0.3) is 0 Å². The van der Waals surface area contributed by atoms with Crippen molar-refractivity contribution in [2.75, 3.05) is 32.8 Å². The van der Waals surface area contributed by atoms with Crippen LogP contribution in [0.3, 0.4) is 0 Å². The summed E-state index contributed by atoms with van der Waals surface area (Å²) in [6.45, 7) is 6.94. The highest BCUT2D eigenvalue weighted by molar-refractivity contribution is 5.29. The molecule has 3 heteroatoms. The summed E-state index contributed by atoms with van der Waals surface area (Å²) in [6, 6.07) is 20.9. The van der Waals surface area contributed by atoms with Gasteiger partial charge in [0.15, 0.2) is 0 Å². The van der Waals surface area contributed by atoms with Gasteiger partial charge < -0.3 is 15.4 Å². The van der Waals surface area contributed by atoms with Gasteiger partial charge in [0.2, 0.25) is 0 Å². The van der Waals surface area contributed by atoms with Gasteiger partial charge in [-0.1, -0.05) is 67.6 Å². The number of likely N-dealkylation sites (tertiary alicyclic amines) is 1. The number of nitrogens with zero attached hydrogens (tertiary/aromatic N) is 1. The first-order valence-corrected chi connectivity index (χ1v) is 8.84. The molecule has 2 N–H and O–H groups in total. The topological polar surface area (TPSA) is 38.5 Å². The maximum absolute atomic E-state index is 6.31. The van der Waals surface area contributed by atoms with Gasteiger partial charge in [-0.15, -0.1) is 0 Å². The Morgan fingerprint density at radius 3 is 2.12 bits per heavy atom. The zero-order valence-electron chi connectivity index (χ0n) is 14.5. The molecule has 2 aromatic rings. The molecule has 1 atom stereocenters. The lowest BCUT2D eigenvalue weighted by molar-refractivity contribution is 0.0626. The van der Waals surface area contributed by atoms with Gasteiger partial charge in [-0.2, -0.15) is 0 Å². The molecule has 1 aliphatic heterocycles. The van der Waals surface area contributed by atoms with Crippen molar-refractivity contribution in [2.24, 2.45) is 11.1 Å². The van der Waals surface area contributed by atoms with Crippen LogP contribution in [0.5, 0.6) is 0 Å². The summed E-state index contributed by atoms with van der Waals surface area (Å²) in [5.74, 6) is 0. The predicted octanol–water partition coefficient (Wildman–Crippen LogP) is 3.46. The van der Waals surface area contributed by atoms with Crippen LogP contribution in [0, 0.1) is 5.41 Å². The SMILES string of the molecule is CC1(CN)CCN(CCOC(c2ccccc2)c2ccccc2)C1. The Morgan fingerprint density at radius 2 is 1.62 bits per heavy atom. The molecule has 0 aromatic heterocycles. The molecule has 0 radical (unpaired) electrons. The number of hydrogen-bond donors (Lipinski definition) is 1. The summed E-state index contributed by atoms with van der Waals surface area (Å²) in [5.41, 5.74) is 8.59. The molecule has 128 valence electrons. The molecule has 3 rings (SSSR count). The number of nitrogens with two attached hydrogens (primary N) is 1. The Balaban J connectivity index is 1.61. The number of ether oxygens (including phenoxy) is 1. The normalized spacial score (nSPS) is 21.5. The maximum Gasteiger partial charge on any atom is 0.108 e. The van der Waals surface area contributed by atoms with Gasteiger partial charge in [0.1, 0.15) is 6.10 Å². The Labute approximate surface area is 145 Å². The van der Waals surface area contributed by atoms with Gasteiger partial charge in [0, 0.05) is 13.1 Å². The highest BCUT2D eigenvalue weighted by Crippen LogP contribution is 2.29. The van der Waals surface area contributed by atoms with E-state index in [2.05, 4.69) is 60.4 Å². The number of rotatable bonds is 7. The summed E-state index contributed by atoms with van der Waals surface area (Å²) < 4.78 is 6.31. The van der Waals surface area contributed by atoms with E-state index in [0.717, 1.165) is 32.8 Å². The third-order valence-electron chi connectivity index (χ3n) is 5.03. The van der Waals surface area contributed by atoms with Crippen molar-refractivity contribution in [3.63, 3.8) is 0 Å². The third kappa shape index (κ3) is 4.23. The molecule has 0 aliphatic carbocycles. The molecular formula is C21H28N2O. The van der Waals surface area contributed by atoms with E-state index in [1.807, 2.05) is 12.1 Å². The molecule has 0 saturated carbocycles. The van der Waals surface area contributed by atoms with Gasteiger partial charge in [-0.05, 0) is 36.1 Å². The summed E-state index contributed by atoms with van der Waals surface area (Å²) in [5, 5.41) is 0. The Morgan fingerprint density at radius 1 is 1.04 bits per heavy atom. The van der Waals surface area contributed by atoms with E-state index in [9.17, 15) is 0 Å². The first-order chi connectivity index (χ1) is 11.7. The van der Waals surface area contributed by atoms with Crippen LogP contribution in [-0.4, -0.2) is 37.7 Å². The van der Waals surface area contributed by atoms with Crippen molar-refractivity contribution in [2.45, 2.75) is 19.4 Å². The summed E-state index contributed by atoms with van der Waals surface area (Å²) >= 11 is 0. The molecule has 3 nitrogen and oxygen atoms in total. The zero-order valence-corrected chi connectivity index (χ0v) is 14.5. The largest absolute Gasteiger partial charge is 0.367 e. The Kier molecular flexibility index (Phi) is 5.67. The van der Waals surface area contributed by atoms with Crippen LogP contribution in [-0.2, 0) is 4.74 Å². The second kappa shape index (κ2) is 7.93. The van der Waals surface area contributed by atoms with Crippen molar-refractivity contribution in [3.05, 3.63) is 71.8 Å². The minimum absolute atomic E-state index is 0.00380. The van der Waals surface area contributed by atoms with E-state index in [0.29, 0.717) is 0 Å². The molecule has 0 bridgehead atoms. The average Bonchev–Trinajstić information content (AvgIpc) is 3.02. The lowest BCUT2D eigenvalue weighted by Crippen LogP contribution is -2.32. The van der Waals surface area contributed by atoms with E-state index < -0.39 is 0 Å². The monoisotopic (exact) mass is 324 g/mol. The predicted molar refractivity (Wildman–Crippen MR) is 98.9 cm³/mol. The molecule has 1 aliphatic rings. The van der Waals surface area contributed by atoms with E-state index >= 15 is 0 Å². The highest BCUT2D eigenvalue weighted by Gasteiger charge is 2.32. The van der Waals surface area contributed by atoms with Gasteiger partial charge in [-0.3, -0.25) is 0 Å². The average molecular weight is 324 g/mol. The second-order valence-electron chi connectivity index (χ2n) is 7.11. The standard InChI is InChI=1S/C21H28N2O/c1-21(16-22)12-13-23(17-21)14-15-24-20(18-8-4-2-5-9-18)19-10-6-3-7-11-19/h2-11,20H,12-17,22H2,1H3.